The van der Waals surface area contributed by atoms with Crippen LogP contribution in [0.1, 0.15) is 5.56 Å². The summed E-state index contributed by atoms with van der Waals surface area (Å²) in [6.45, 7) is 1.96. The number of hydrogen-bond acceptors (Lipinski definition) is 1. The zero-order valence-electron chi connectivity index (χ0n) is 6.86. The fourth-order valence-corrected chi connectivity index (χ4v) is 1.33. The maximum absolute atomic E-state index is 9.53. The van der Waals surface area contributed by atoms with E-state index in [0.29, 0.717) is 5.75 Å². The smallest absolute Gasteiger partial charge is 0.252 e. The first-order chi connectivity index (χ1) is 5.77. The monoisotopic (exact) mass is 160 g/mol. The van der Waals surface area contributed by atoms with Gasteiger partial charge < -0.3 is 5.11 Å². The van der Waals surface area contributed by atoms with Crippen molar-refractivity contribution in [3.63, 3.8) is 0 Å². The first kappa shape index (κ1) is 7.10. The Hall–Kier alpha value is -1.57. The number of hydrogen-bond donors (Lipinski definition) is 1. The lowest BCUT2D eigenvalue weighted by Crippen LogP contribution is -2.20. The number of fused-ring (bicyclic) bond motifs is 1. The van der Waals surface area contributed by atoms with Gasteiger partial charge in [0.15, 0.2) is 18.1 Å². The van der Waals surface area contributed by atoms with E-state index in [4.69, 9.17) is 0 Å². The van der Waals surface area contributed by atoms with Crippen molar-refractivity contribution < 1.29 is 9.51 Å². The molecule has 0 saturated heterocycles. The van der Waals surface area contributed by atoms with Crippen LogP contribution in [0, 0.1) is 6.92 Å². The molecule has 0 unspecified atom stereocenters. The Balaban J connectivity index is 2.89. The quantitative estimate of drug-likeness (QED) is 0.579. The lowest BCUT2D eigenvalue weighted by Gasteiger charge is -1.94. The number of nitrogens with zero attached hydrogens (tertiary/aromatic N) is 1. The highest BCUT2D eigenvalue weighted by molar-refractivity contribution is 5.52. The number of aryl methyl sites for hydroxylation is 1. The Morgan fingerprint density at radius 3 is 3.00 bits per heavy atom. The summed E-state index contributed by atoms with van der Waals surface area (Å²) in [4.78, 5) is 0. The summed E-state index contributed by atoms with van der Waals surface area (Å²) < 4.78 is 1.91. The normalized spacial score (nSPS) is 10.4. The van der Waals surface area contributed by atoms with Crippen molar-refractivity contribution in [3.8, 4) is 5.75 Å². The van der Waals surface area contributed by atoms with Crippen LogP contribution in [0.3, 0.4) is 0 Å². The molecular formula is C10H10NO+. The van der Waals surface area contributed by atoms with Crippen LogP contribution in [-0.2, 0) is 0 Å². The van der Waals surface area contributed by atoms with Gasteiger partial charge in [0.1, 0.15) is 0 Å². The van der Waals surface area contributed by atoms with Crippen LogP contribution in [-0.4, -0.2) is 5.11 Å². The summed E-state index contributed by atoms with van der Waals surface area (Å²) in [5, 5.41) is 9.53. The third kappa shape index (κ3) is 1.01. The molecule has 0 atom stereocenters. The molecule has 0 fully saturated rings. The molecule has 0 saturated carbocycles. The molecule has 2 heterocycles. The number of pyridine rings is 2. The van der Waals surface area contributed by atoms with Gasteiger partial charge in [0, 0.05) is 17.7 Å². The molecular weight excluding hydrogens is 150 g/mol. The second-order valence-electron chi connectivity index (χ2n) is 2.90. The molecule has 2 rings (SSSR count). The van der Waals surface area contributed by atoms with Crippen molar-refractivity contribution in [1.82, 2.24) is 0 Å². The van der Waals surface area contributed by atoms with E-state index in [1.807, 2.05) is 41.9 Å². The predicted octanol–water partition coefficient (Wildman–Crippen LogP) is 1.44. The molecule has 1 N–H and O–H groups in total. The van der Waals surface area contributed by atoms with Crippen molar-refractivity contribution in [2.45, 2.75) is 6.92 Å². The van der Waals surface area contributed by atoms with Crippen LogP contribution in [0.25, 0.3) is 5.52 Å². The van der Waals surface area contributed by atoms with Gasteiger partial charge >= 0.3 is 0 Å². The second-order valence-corrected chi connectivity index (χ2v) is 2.90. The minimum atomic E-state index is 0.329. The molecule has 60 valence electrons. The minimum Gasteiger partial charge on any atom is -0.502 e. The van der Waals surface area contributed by atoms with Gasteiger partial charge in [-0.2, -0.15) is 4.40 Å². The molecule has 0 amide bonds. The highest BCUT2D eigenvalue weighted by atomic mass is 16.3. The molecule has 2 nitrogen and oxygen atoms in total. The number of aromatic hydroxyl groups is 1. The summed E-state index contributed by atoms with van der Waals surface area (Å²) in [7, 11) is 0. The third-order valence-electron chi connectivity index (χ3n) is 1.86. The van der Waals surface area contributed by atoms with Gasteiger partial charge in [-0.25, -0.2) is 0 Å². The summed E-state index contributed by atoms with van der Waals surface area (Å²) in [5.74, 6) is 0.329. The molecule has 0 bridgehead atoms. The molecule has 0 aliphatic carbocycles. The maximum Gasteiger partial charge on any atom is 0.252 e. The van der Waals surface area contributed by atoms with E-state index in [9.17, 15) is 5.11 Å². The SMILES string of the molecule is Cc1cc(O)c2cccc[n+]2c1. The standard InChI is InChI=1S/C10H9NO/c1-8-6-10(12)9-4-2-3-5-11(9)7-8/h2-7H,1H3/p+1. The van der Waals surface area contributed by atoms with E-state index >= 15 is 0 Å². The van der Waals surface area contributed by atoms with Crippen LogP contribution in [0.5, 0.6) is 5.75 Å². The first-order valence-electron chi connectivity index (χ1n) is 3.87. The largest absolute Gasteiger partial charge is 0.502 e. The van der Waals surface area contributed by atoms with E-state index in [0.717, 1.165) is 11.1 Å². The predicted molar refractivity (Wildman–Crippen MR) is 46.0 cm³/mol. The van der Waals surface area contributed by atoms with Crippen LogP contribution in [0.2, 0.25) is 0 Å². The van der Waals surface area contributed by atoms with Crippen molar-refractivity contribution in [3.05, 3.63) is 42.2 Å². The van der Waals surface area contributed by atoms with Gasteiger partial charge in [0.2, 0.25) is 0 Å². The summed E-state index contributed by atoms with van der Waals surface area (Å²) >= 11 is 0. The summed E-state index contributed by atoms with van der Waals surface area (Å²) in [6, 6.07) is 7.49. The fourth-order valence-electron chi connectivity index (χ4n) is 1.33. The van der Waals surface area contributed by atoms with Crippen LogP contribution >= 0.6 is 0 Å². The van der Waals surface area contributed by atoms with E-state index in [1.54, 1.807) is 6.07 Å². The van der Waals surface area contributed by atoms with Crippen molar-refractivity contribution in [1.29, 1.82) is 0 Å². The zero-order chi connectivity index (χ0) is 8.55. The van der Waals surface area contributed by atoms with E-state index < -0.39 is 0 Å². The molecule has 0 aliphatic rings. The summed E-state index contributed by atoms with van der Waals surface area (Å²) in [5.41, 5.74) is 1.89. The fraction of sp³-hybridized carbons (Fsp3) is 0.100. The maximum atomic E-state index is 9.53. The van der Waals surface area contributed by atoms with Crippen molar-refractivity contribution in [2.75, 3.05) is 0 Å². The summed E-state index contributed by atoms with van der Waals surface area (Å²) in [6.07, 6.45) is 3.90. The van der Waals surface area contributed by atoms with Gasteiger partial charge in [-0.1, -0.05) is 0 Å². The number of rotatable bonds is 0. The van der Waals surface area contributed by atoms with Crippen molar-refractivity contribution in [2.24, 2.45) is 0 Å². The Kier molecular flexibility index (Phi) is 1.47. The van der Waals surface area contributed by atoms with Crippen molar-refractivity contribution >= 4 is 5.52 Å². The van der Waals surface area contributed by atoms with Gasteiger partial charge in [-0.15, -0.1) is 0 Å². The van der Waals surface area contributed by atoms with E-state index in [1.165, 1.54) is 0 Å². The molecule has 0 spiro atoms. The molecule has 0 aromatic carbocycles. The topological polar surface area (TPSA) is 24.3 Å². The minimum absolute atomic E-state index is 0.329. The Morgan fingerprint density at radius 2 is 2.17 bits per heavy atom. The number of aromatic nitrogens is 1. The van der Waals surface area contributed by atoms with Crippen LogP contribution in [0.15, 0.2) is 36.7 Å². The lowest BCUT2D eigenvalue weighted by molar-refractivity contribution is -0.512. The highest BCUT2D eigenvalue weighted by Gasteiger charge is 2.06. The molecule has 0 aliphatic heterocycles. The zero-order valence-corrected chi connectivity index (χ0v) is 6.86. The average Bonchev–Trinajstić information content (AvgIpc) is 2.04. The molecule has 0 radical (unpaired) electrons. The van der Waals surface area contributed by atoms with Gasteiger partial charge in [-0.05, 0) is 19.1 Å². The molecule has 2 aromatic heterocycles. The van der Waals surface area contributed by atoms with Crippen LogP contribution in [0.4, 0.5) is 0 Å². The van der Waals surface area contributed by atoms with Gasteiger partial charge in [0.25, 0.3) is 5.52 Å². The Morgan fingerprint density at radius 1 is 1.33 bits per heavy atom. The van der Waals surface area contributed by atoms with Gasteiger partial charge in [0.05, 0.1) is 0 Å². The van der Waals surface area contributed by atoms with Gasteiger partial charge in [-0.3, -0.25) is 0 Å². The third-order valence-corrected chi connectivity index (χ3v) is 1.86. The first-order valence-corrected chi connectivity index (χ1v) is 3.87. The highest BCUT2D eigenvalue weighted by Crippen LogP contribution is 2.14. The van der Waals surface area contributed by atoms with E-state index in [2.05, 4.69) is 0 Å². The Bertz CT molecular complexity index is 423. The molecule has 2 heteroatoms. The Labute approximate surface area is 70.7 Å². The average molecular weight is 160 g/mol. The van der Waals surface area contributed by atoms with E-state index in [-0.39, 0.29) is 0 Å². The van der Waals surface area contributed by atoms with Crippen LogP contribution < -0.4 is 4.40 Å². The molecule has 12 heavy (non-hydrogen) atoms. The second kappa shape index (κ2) is 2.48. The molecule has 2 aromatic rings. The lowest BCUT2D eigenvalue weighted by atomic mass is 10.2.